The lowest BCUT2D eigenvalue weighted by atomic mass is 9.70. The van der Waals surface area contributed by atoms with Crippen LogP contribution in [0.4, 0.5) is 0 Å². The van der Waals surface area contributed by atoms with E-state index >= 15 is 5.21 Å². The molecule has 2 aliphatic carbocycles. The molecule has 0 unspecified atom stereocenters. The highest BCUT2D eigenvalue weighted by Gasteiger charge is 2.57. The van der Waals surface area contributed by atoms with Gasteiger partial charge in [-0.1, -0.05) is 92.5 Å². The standard InChI is InChI=1S/C38H57NO4Si/c1-35(2,3)27-15-13-26(14-16-27)34-31-32(38(42-34)19-11-12-20-38)30-28(39(40)33(31)25-17-21-41-22-18-25)23-37(7,8)24-29(30)43-44(9,10)36(4,5)6/h13-16,25,29,34H,11-12,17-24H2,1-10H3/t29-,34+/m0/s1. The topological polar surface area (TPSA) is 54.6 Å². The molecule has 1 aromatic carbocycles. The van der Waals surface area contributed by atoms with E-state index in [0.717, 1.165) is 68.3 Å². The number of benzene rings is 1. The van der Waals surface area contributed by atoms with Crippen LogP contribution in [-0.4, -0.2) is 21.5 Å². The Kier molecular flexibility index (Phi) is 8.00. The van der Waals surface area contributed by atoms with Crippen LogP contribution in [0.15, 0.2) is 24.3 Å². The molecular weight excluding hydrogens is 563 g/mol. The Morgan fingerprint density at radius 3 is 2.11 bits per heavy atom. The van der Waals surface area contributed by atoms with Crippen LogP contribution in [0.2, 0.25) is 18.1 Å². The highest BCUT2D eigenvalue weighted by molar-refractivity contribution is 6.74. The van der Waals surface area contributed by atoms with Crippen LogP contribution in [0.25, 0.3) is 0 Å². The Morgan fingerprint density at radius 1 is 0.932 bits per heavy atom. The molecule has 6 rings (SSSR count). The van der Waals surface area contributed by atoms with Gasteiger partial charge in [0.25, 0.3) is 0 Å². The number of ether oxygens (including phenoxy) is 2. The van der Waals surface area contributed by atoms with Crippen molar-refractivity contribution in [3.63, 3.8) is 0 Å². The van der Waals surface area contributed by atoms with Crippen molar-refractivity contribution in [3.05, 3.63) is 68.7 Å². The molecule has 1 saturated heterocycles. The number of fused-ring (bicyclic) bond motifs is 4. The van der Waals surface area contributed by atoms with Crippen molar-refractivity contribution in [2.24, 2.45) is 5.41 Å². The minimum absolute atomic E-state index is 0.0299. The van der Waals surface area contributed by atoms with Gasteiger partial charge < -0.3 is 19.1 Å². The molecular formula is C38H57NO4Si. The van der Waals surface area contributed by atoms with Crippen LogP contribution in [0, 0.1) is 10.6 Å². The fourth-order valence-corrected chi connectivity index (χ4v) is 9.49. The zero-order valence-electron chi connectivity index (χ0n) is 29.2. The number of pyridine rings is 1. The summed E-state index contributed by atoms with van der Waals surface area (Å²) in [4.78, 5) is 0. The second kappa shape index (κ2) is 10.9. The number of hydrogen-bond acceptors (Lipinski definition) is 4. The van der Waals surface area contributed by atoms with Gasteiger partial charge >= 0.3 is 0 Å². The Morgan fingerprint density at radius 2 is 1.55 bits per heavy atom. The third-order valence-corrected chi connectivity index (χ3v) is 16.2. The maximum absolute atomic E-state index is 15.0. The van der Waals surface area contributed by atoms with E-state index in [2.05, 4.69) is 92.7 Å². The molecule has 0 N–H and O–H groups in total. The first-order valence-corrected chi connectivity index (χ1v) is 20.2. The molecule has 1 aromatic heterocycles. The average Bonchev–Trinajstić information content (AvgIpc) is 3.53. The maximum Gasteiger partial charge on any atom is 0.202 e. The molecule has 6 heteroatoms. The number of aromatic nitrogens is 1. The van der Waals surface area contributed by atoms with Crippen LogP contribution < -0.4 is 4.73 Å². The fraction of sp³-hybridized carbons (Fsp3) is 0.711. The van der Waals surface area contributed by atoms with Gasteiger partial charge in [-0.05, 0) is 72.2 Å². The van der Waals surface area contributed by atoms with Crippen molar-refractivity contribution in [3.8, 4) is 0 Å². The molecule has 2 aliphatic heterocycles. The molecule has 0 bridgehead atoms. The van der Waals surface area contributed by atoms with Crippen LogP contribution in [-0.2, 0) is 31.3 Å². The van der Waals surface area contributed by atoms with Gasteiger partial charge in [0.1, 0.15) is 6.10 Å². The molecule has 2 atom stereocenters. The predicted molar refractivity (Wildman–Crippen MR) is 180 cm³/mol. The van der Waals surface area contributed by atoms with Crippen molar-refractivity contribution >= 4 is 8.32 Å². The summed E-state index contributed by atoms with van der Waals surface area (Å²) in [6, 6.07) is 9.06. The quantitative estimate of drug-likeness (QED) is 0.194. The van der Waals surface area contributed by atoms with Gasteiger partial charge in [0.15, 0.2) is 14.0 Å². The van der Waals surface area contributed by atoms with E-state index in [0.29, 0.717) is 13.2 Å². The van der Waals surface area contributed by atoms with Gasteiger partial charge in [-0.15, -0.1) is 0 Å². The molecule has 4 aliphatic rings. The van der Waals surface area contributed by atoms with Crippen LogP contribution in [0.1, 0.15) is 158 Å². The van der Waals surface area contributed by atoms with E-state index in [-0.39, 0.29) is 39.6 Å². The summed E-state index contributed by atoms with van der Waals surface area (Å²) in [5.41, 5.74) is 7.75. The van der Waals surface area contributed by atoms with Crippen molar-refractivity contribution in [1.82, 2.24) is 0 Å². The van der Waals surface area contributed by atoms with E-state index in [1.54, 1.807) is 0 Å². The van der Waals surface area contributed by atoms with Gasteiger partial charge in [-0.25, -0.2) is 0 Å². The summed E-state index contributed by atoms with van der Waals surface area (Å²) >= 11 is 0. The minimum atomic E-state index is -2.14. The fourth-order valence-electron chi connectivity index (χ4n) is 8.22. The predicted octanol–water partition coefficient (Wildman–Crippen LogP) is 9.44. The van der Waals surface area contributed by atoms with Crippen molar-refractivity contribution in [1.29, 1.82) is 0 Å². The van der Waals surface area contributed by atoms with Crippen LogP contribution in [0.3, 0.4) is 0 Å². The SMILES string of the molecule is CC1(C)Cc2c(c3c(c(C4CCOCC4)[n+]2[O-])[C@@H](c2ccc(C(C)(C)C)cc2)OC32CCCC2)[C@@H](O[Si](C)(C)C(C)(C)C)C1. The summed E-state index contributed by atoms with van der Waals surface area (Å²) in [6.07, 6.45) is 7.44. The smallest absolute Gasteiger partial charge is 0.202 e. The van der Waals surface area contributed by atoms with E-state index in [4.69, 9.17) is 13.9 Å². The lowest BCUT2D eigenvalue weighted by molar-refractivity contribution is -0.627. The average molecular weight is 620 g/mol. The Balaban J connectivity index is 1.63. The zero-order valence-corrected chi connectivity index (χ0v) is 30.2. The molecule has 242 valence electrons. The largest absolute Gasteiger partial charge is 0.618 e. The molecule has 2 aromatic rings. The maximum atomic E-state index is 15.0. The highest BCUT2D eigenvalue weighted by Crippen LogP contribution is 2.60. The Labute approximate surface area is 267 Å². The van der Waals surface area contributed by atoms with Gasteiger partial charge in [0.2, 0.25) is 5.69 Å². The van der Waals surface area contributed by atoms with Gasteiger partial charge in [0.05, 0.1) is 22.8 Å². The van der Waals surface area contributed by atoms with Crippen LogP contribution in [0.5, 0.6) is 0 Å². The Bertz CT molecular complexity index is 1390. The molecule has 44 heavy (non-hydrogen) atoms. The number of hydrogen-bond donors (Lipinski definition) is 0. The molecule has 5 nitrogen and oxygen atoms in total. The van der Waals surface area contributed by atoms with Crippen molar-refractivity contribution < 1.29 is 18.6 Å². The van der Waals surface area contributed by atoms with Gasteiger partial charge in [0, 0.05) is 31.1 Å². The first-order chi connectivity index (χ1) is 20.4. The summed E-state index contributed by atoms with van der Waals surface area (Å²) in [7, 11) is -2.14. The monoisotopic (exact) mass is 619 g/mol. The summed E-state index contributed by atoms with van der Waals surface area (Å²) in [5, 5.41) is 15.1. The van der Waals surface area contributed by atoms with E-state index in [9.17, 15) is 0 Å². The molecule has 0 radical (unpaired) electrons. The molecule has 2 fully saturated rings. The molecule has 1 saturated carbocycles. The first-order valence-electron chi connectivity index (χ1n) is 17.3. The first kappa shape index (κ1) is 32.2. The summed E-state index contributed by atoms with van der Waals surface area (Å²) < 4.78 is 22.0. The number of nitrogens with zero attached hydrogens (tertiary/aromatic N) is 1. The third-order valence-electron chi connectivity index (χ3n) is 11.7. The molecule has 0 amide bonds. The normalized spacial score (nSPS) is 25.3. The number of rotatable bonds is 4. The molecule has 1 spiro atoms. The van der Waals surface area contributed by atoms with Crippen molar-refractivity contribution in [2.45, 2.75) is 154 Å². The molecule has 3 heterocycles. The van der Waals surface area contributed by atoms with Gasteiger partial charge in [-0.3, -0.25) is 0 Å². The van der Waals surface area contributed by atoms with E-state index < -0.39 is 8.32 Å². The zero-order chi connectivity index (χ0) is 31.9. The van der Waals surface area contributed by atoms with Crippen LogP contribution >= 0.6 is 0 Å². The van der Waals surface area contributed by atoms with E-state index in [1.807, 2.05) is 0 Å². The third kappa shape index (κ3) is 5.50. The lowest BCUT2D eigenvalue weighted by Crippen LogP contribution is -2.49. The Hall–Kier alpha value is -1.73. The minimum Gasteiger partial charge on any atom is -0.618 e. The second-order valence-electron chi connectivity index (χ2n) is 17.7. The second-order valence-corrected chi connectivity index (χ2v) is 22.5. The van der Waals surface area contributed by atoms with E-state index in [1.165, 1.54) is 27.0 Å². The summed E-state index contributed by atoms with van der Waals surface area (Å²) in [6.45, 7) is 24.5. The lowest BCUT2D eigenvalue weighted by Gasteiger charge is -2.45. The summed E-state index contributed by atoms with van der Waals surface area (Å²) in [5.74, 6) is 0.168. The highest BCUT2D eigenvalue weighted by atomic mass is 28.4. The van der Waals surface area contributed by atoms with Crippen molar-refractivity contribution in [2.75, 3.05) is 13.2 Å². The van der Waals surface area contributed by atoms with Gasteiger partial charge in [-0.2, -0.15) is 4.73 Å².